The van der Waals surface area contributed by atoms with E-state index in [1.165, 1.54) is 5.56 Å². The summed E-state index contributed by atoms with van der Waals surface area (Å²) in [5.41, 5.74) is 2.34. The normalized spacial score (nSPS) is 21.5. The Bertz CT molecular complexity index is 636. The number of hydrogen-bond donors (Lipinski definition) is 2. The van der Waals surface area contributed by atoms with Gasteiger partial charge in [-0.3, -0.25) is 4.90 Å². The Balaban J connectivity index is 1.67. The highest BCUT2D eigenvalue weighted by Crippen LogP contribution is 2.22. The number of nitrogens with zero attached hydrogens (tertiary/aromatic N) is 1. The lowest BCUT2D eigenvalue weighted by molar-refractivity contribution is 0.0172. The monoisotopic (exact) mass is 367 g/mol. The van der Waals surface area contributed by atoms with Crippen molar-refractivity contribution in [2.24, 2.45) is 0 Å². The van der Waals surface area contributed by atoms with E-state index in [0.29, 0.717) is 19.8 Å². The highest BCUT2D eigenvalue weighted by Gasteiger charge is 2.26. The van der Waals surface area contributed by atoms with Crippen LogP contribution >= 0.6 is 0 Å². The van der Waals surface area contributed by atoms with Gasteiger partial charge in [0.05, 0.1) is 13.2 Å². The van der Waals surface area contributed by atoms with Crippen LogP contribution in [0.3, 0.4) is 0 Å². The van der Waals surface area contributed by atoms with E-state index in [9.17, 15) is 8.42 Å². The first-order valence-electron chi connectivity index (χ1n) is 9.19. The number of benzene rings is 1. The molecule has 7 heteroatoms. The van der Waals surface area contributed by atoms with Gasteiger partial charge in [0.2, 0.25) is 0 Å². The SMILES string of the molecule is Cc1ccc(C(CNS(=O)(=O)NC2CCCC2)N2CCOCC2)cc1. The first kappa shape index (κ1) is 18.8. The van der Waals surface area contributed by atoms with Gasteiger partial charge in [0, 0.05) is 31.7 Å². The molecule has 6 nitrogen and oxygen atoms in total. The molecule has 2 N–H and O–H groups in total. The first-order chi connectivity index (χ1) is 12.0. The predicted octanol–water partition coefficient (Wildman–Crippen LogP) is 1.73. The van der Waals surface area contributed by atoms with E-state index in [0.717, 1.165) is 44.3 Å². The molecule has 0 radical (unpaired) electrons. The topological polar surface area (TPSA) is 70.7 Å². The summed E-state index contributed by atoms with van der Waals surface area (Å²) >= 11 is 0. The summed E-state index contributed by atoms with van der Waals surface area (Å²) in [7, 11) is -3.47. The van der Waals surface area contributed by atoms with Gasteiger partial charge in [0.15, 0.2) is 0 Å². The molecule has 1 aliphatic carbocycles. The predicted molar refractivity (Wildman–Crippen MR) is 98.6 cm³/mol. The zero-order valence-electron chi connectivity index (χ0n) is 14.9. The summed E-state index contributed by atoms with van der Waals surface area (Å²) in [6.07, 6.45) is 4.08. The van der Waals surface area contributed by atoms with Crippen molar-refractivity contribution < 1.29 is 13.2 Å². The van der Waals surface area contributed by atoms with Crippen LogP contribution in [0, 0.1) is 6.92 Å². The molecule has 1 heterocycles. The third-order valence-corrected chi connectivity index (χ3v) is 6.28. The molecule has 1 unspecified atom stereocenters. The Labute approximate surface area is 151 Å². The van der Waals surface area contributed by atoms with E-state index >= 15 is 0 Å². The van der Waals surface area contributed by atoms with Crippen LogP contribution < -0.4 is 9.44 Å². The molecule has 1 aliphatic heterocycles. The minimum Gasteiger partial charge on any atom is -0.379 e. The highest BCUT2D eigenvalue weighted by molar-refractivity contribution is 7.87. The summed E-state index contributed by atoms with van der Waals surface area (Å²) in [5, 5.41) is 0. The summed E-state index contributed by atoms with van der Waals surface area (Å²) < 4.78 is 35.8. The number of morpholine rings is 1. The summed E-state index contributed by atoms with van der Waals surface area (Å²) in [4.78, 5) is 2.30. The highest BCUT2D eigenvalue weighted by atomic mass is 32.2. The van der Waals surface area contributed by atoms with Gasteiger partial charge in [0.1, 0.15) is 0 Å². The maximum absolute atomic E-state index is 12.4. The van der Waals surface area contributed by atoms with Crippen LogP contribution in [0.1, 0.15) is 42.9 Å². The van der Waals surface area contributed by atoms with Crippen molar-refractivity contribution in [3.63, 3.8) is 0 Å². The lowest BCUT2D eigenvalue weighted by Gasteiger charge is -2.35. The lowest BCUT2D eigenvalue weighted by Crippen LogP contribution is -2.47. The van der Waals surface area contributed by atoms with Gasteiger partial charge in [-0.25, -0.2) is 4.72 Å². The first-order valence-corrected chi connectivity index (χ1v) is 10.7. The fraction of sp³-hybridized carbons (Fsp3) is 0.667. The molecule has 0 amide bonds. The Morgan fingerprint density at radius 3 is 2.44 bits per heavy atom. The molecule has 1 aromatic rings. The van der Waals surface area contributed by atoms with Gasteiger partial charge in [-0.2, -0.15) is 13.1 Å². The average molecular weight is 368 g/mol. The van der Waals surface area contributed by atoms with E-state index < -0.39 is 10.2 Å². The molecule has 2 fully saturated rings. The van der Waals surface area contributed by atoms with E-state index in [-0.39, 0.29) is 12.1 Å². The maximum Gasteiger partial charge on any atom is 0.277 e. The van der Waals surface area contributed by atoms with E-state index in [1.54, 1.807) is 0 Å². The zero-order valence-corrected chi connectivity index (χ0v) is 15.7. The molecule has 0 aromatic heterocycles. The van der Waals surface area contributed by atoms with Gasteiger partial charge in [-0.05, 0) is 25.3 Å². The van der Waals surface area contributed by atoms with Gasteiger partial charge in [0.25, 0.3) is 10.2 Å². The van der Waals surface area contributed by atoms with Crippen molar-refractivity contribution >= 4 is 10.2 Å². The van der Waals surface area contributed by atoms with Crippen molar-refractivity contribution in [2.75, 3.05) is 32.8 Å². The standard InChI is InChI=1S/C18H29N3O3S/c1-15-6-8-16(9-7-15)18(21-10-12-24-13-11-21)14-19-25(22,23)20-17-4-2-3-5-17/h6-9,17-20H,2-5,10-14H2,1H3. The Morgan fingerprint density at radius 1 is 1.16 bits per heavy atom. The molecule has 3 rings (SSSR count). The molecule has 0 spiro atoms. The minimum atomic E-state index is -3.47. The summed E-state index contributed by atoms with van der Waals surface area (Å²) in [6.45, 7) is 5.43. The van der Waals surface area contributed by atoms with Gasteiger partial charge < -0.3 is 4.74 Å². The molecule has 0 bridgehead atoms. The van der Waals surface area contributed by atoms with Crippen LogP contribution in [0.2, 0.25) is 0 Å². The largest absolute Gasteiger partial charge is 0.379 e. The third kappa shape index (κ3) is 5.49. The minimum absolute atomic E-state index is 0.0182. The zero-order chi connectivity index (χ0) is 17.7. The van der Waals surface area contributed by atoms with E-state index in [2.05, 4.69) is 45.5 Å². The number of hydrogen-bond acceptors (Lipinski definition) is 4. The van der Waals surface area contributed by atoms with Crippen molar-refractivity contribution in [3.05, 3.63) is 35.4 Å². The average Bonchev–Trinajstić information content (AvgIpc) is 3.10. The molecule has 1 atom stereocenters. The molecule has 1 saturated carbocycles. The summed E-state index contributed by atoms with van der Waals surface area (Å²) in [6, 6.07) is 8.44. The molecule has 25 heavy (non-hydrogen) atoms. The number of nitrogens with one attached hydrogen (secondary N) is 2. The van der Waals surface area contributed by atoms with Crippen molar-refractivity contribution in [3.8, 4) is 0 Å². The Hall–Kier alpha value is -0.990. The van der Waals surface area contributed by atoms with Crippen molar-refractivity contribution in [1.29, 1.82) is 0 Å². The number of rotatable bonds is 7. The molecule has 1 aromatic carbocycles. The van der Waals surface area contributed by atoms with Gasteiger partial charge in [-0.1, -0.05) is 42.7 Å². The second kappa shape index (κ2) is 8.60. The van der Waals surface area contributed by atoms with Gasteiger partial charge >= 0.3 is 0 Å². The quantitative estimate of drug-likeness (QED) is 0.770. The van der Waals surface area contributed by atoms with Crippen LogP contribution in [-0.2, 0) is 14.9 Å². The molecular formula is C18H29N3O3S. The van der Waals surface area contributed by atoms with Crippen molar-refractivity contribution in [2.45, 2.75) is 44.7 Å². The third-order valence-electron chi connectivity index (χ3n) is 5.09. The molecule has 1 saturated heterocycles. The molecule has 2 aliphatic rings. The van der Waals surface area contributed by atoms with E-state index in [1.807, 2.05) is 0 Å². The molecule has 140 valence electrons. The van der Waals surface area contributed by atoms with Crippen LogP contribution in [0.4, 0.5) is 0 Å². The fourth-order valence-electron chi connectivity index (χ4n) is 3.63. The second-order valence-electron chi connectivity index (χ2n) is 7.03. The Morgan fingerprint density at radius 2 is 1.80 bits per heavy atom. The second-order valence-corrected chi connectivity index (χ2v) is 8.56. The number of aryl methyl sites for hydroxylation is 1. The summed E-state index contributed by atoms with van der Waals surface area (Å²) in [5.74, 6) is 0. The lowest BCUT2D eigenvalue weighted by atomic mass is 10.0. The van der Waals surface area contributed by atoms with Crippen molar-refractivity contribution in [1.82, 2.24) is 14.3 Å². The number of ether oxygens (including phenoxy) is 1. The van der Waals surface area contributed by atoms with Crippen LogP contribution in [0.15, 0.2) is 24.3 Å². The van der Waals surface area contributed by atoms with Crippen LogP contribution in [-0.4, -0.2) is 52.2 Å². The Kier molecular flexibility index (Phi) is 6.46. The van der Waals surface area contributed by atoms with E-state index in [4.69, 9.17) is 4.74 Å². The smallest absolute Gasteiger partial charge is 0.277 e. The molecular weight excluding hydrogens is 338 g/mol. The fourth-order valence-corrected chi connectivity index (χ4v) is 4.76. The van der Waals surface area contributed by atoms with Crippen LogP contribution in [0.5, 0.6) is 0 Å². The maximum atomic E-state index is 12.4. The van der Waals surface area contributed by atoms with Gasteiger partial charge in [-0.15, -0.1) is 0 Å². The van der Waals surface area contributed by atoms with Crippen LogP contribution in [0.25, 0.3) is 0 Å².